The molecule has 0 aliphatic rings. The van der Waals surface area contributed by atoms with Gasteiger partial charge in [-0.25, -0.2) is 4.99 Å². The second kappa shape index (κ2) is 14.0. The van der Waals surface area contributed by atoms with E-state index >= 15 is 0 Å². The van der Waals surface area contributed by atoms with Gasteiger partial charge in [-0.05, 0) is 30.2 Å². The molecule has 2 rings (SSSR count). The van der Waals surface area contributed by atoms with Crippen LogP contribution in [0.3, 0.4) is 0 Å². The summed E-state index contributed by atoms with van der Waals surface area (Å²) in [5, 5.41) is 16.1. The number of nitrogens with zero attached hydrogens (tertiary/aromatic N) is 1. The molecule has 6 nitrogen and oxygen atoms in total. The Labute approximate surface area is 203 Å². The maximum Gasteiger partial charge on any atom is 0.422 e. The van der Waals surface area contributed by atoms with Crippen molar-refractivity contribution in [2.45, 2.75) is 25.6 Å². The van der Waals surface area contributed by atoms with Crippen LogP contribution in [0.1, 0.15) is 24.0 Å². The van der Waals surface area contributed by atoms with E-state index in [1.54, 1.807) is 12.1 Å². The summed E-state index contributed by atoms with van der Waals surface area (Å²) in [6.45, 7) is 1.96. The lowest BCUT2D eigenvalue weighted by atomic mass is 10.0. The Balaban J connectivity index is 0.00000512. The first-order valence-electron chi connectivity index (χ1n) is 9.90. The summed E-state index contributed by atoms with van der Waals surface area (Å²) in [6, 6.07) is 14.4. The van der Waals surface area contributed by atoms with Crippen LogP contribution in [-0.4, -0.2) is 50.7 Å². The molecule has 1 atom stereocenters. The van der Waals surface area contributed by atoms with Crippen molar-refractivity contribution in [1.82, 2.24) is 10.6 Å². The maximum absolute atomic E-state index is 12.4. The van der Waals surface area contributed by atoms with Crippen LogP contribution in [0.4, 0.5) is 13.2 Å². The number of aliphatic hydroxyl groups excluding tert-OH is 1. The van der Waals surface area contributed by atoms with E-state index in [1.807, 2.05) is 37.3 Å². The Bertz CT molecular complexity index is 836. The van der Waals surface area contributed by atoms with E-state index in [0.29, 0.717) is 19.0 Å². The topological polar surface area (TPSA) is 75.1 Å². The fourth-order valence-electron chi connectivity index (χ4n) is 2.83. The monoisotopic (exact) mass is 567 g/mol. The van der Waals surface area contributed by atoms with Crippen LogP contribution in [-0.2, 0) is 6.54 Å². The third-order valence-corrected chi connectivity index (χ3v) is 4.39. The number of guanidine groups is 1. The molecule has 0 aliphatic carbocycles. The Hall–Kier alpha value is -2.21. The van der Waals surface area contributed by atoms with Gasteiger partial charge >= 0.3 is 6.18 Å². The van der Waals surface area contributed by atoms with E-state index < -0.39 is 12.8 Å². The number of aliphatic imine (C=N–C) groups is 1. The first-order chi connectivity index (χ1) is 14.9. The van der Waals surface area contributed by atoms with Crippen LogP contribution in [0.15, 0.2) is 53.5 Å². The first-order valence-corrected chi connectivity index (χ1v) is 9.90. The van der Waals surface area contributed by atoms with E-state index in [4.69, 9.17) is 9.47 Å². The summed E-state index contributed by atoms with van der Waals surface area (Å²) in [5.41, 5.74) is 1.77. The fourth-order valence-corrected chi connectivity index (χ4v) is 2.83. The number of nitrogens with one attached hydrogen (secondary N) is 2. The zero-order valence-electron chi connectivity index (χ0n) is 18.0. The van der Waals surface area contributed by atoms with Crippen molar-refractivity contribution in [1.29, 1.82) is 0 Å². The Morgan fingerprint density at radius 1 is 1.09 bits per heavy atom. The highest BCUT2D eigenvalue weighted by molar-refractivity contribution is 14.0. The lowest BCUT2D eigenvalue weighted by Crippen LogP contribution is -2.39. The minimum Gasteiger partial charge on any atom is -0.493 e. The molecule has 0 bridgehead atoms. The van der Waals surface area contributed by atoms with Crippen molar-refractivity contribution >= 4 is 29.9 Å². The summed E-state index contributed by atoms with van der Waals surface area (Å²) in [7, 11) is 1.37. The van der Waals surface area contributed by atoms with Gasteiger partial charge in [0.1, 0.15) is 0 Å². The summed E-state index contributed by atoms with van der Waals surface area (Å²) < 4.78 is 47.1. The Morgan fingerprint density at radius 2 is 1.81 bits per heavy atom. The minimum absolute atomic E-state index is 0. The van der Waals surface area contributed by atoms with Crippen LogP contribution in [0.2, 0.25) is 0 Å². The van der Waals surface area contributed by atoms with Gasteiger partial charge in [0.05, 0.1) is 20.3 Å². The summed E-state index contributed by atoms with van der Waals surface area (Å²) in [6.07, 6.45) is -4.42. The number of halogens is 4. The van der Waals surface area contributed by atoms with E-state index in [1.165, 1.54) is 13.2 Å². The highest BCUT2D eigenvalue weighted by Gasteiger charge is 2.29. The van der Waals surface area contributed by atoms with Gasteiger partial charge in [0.25, 0.3) is 0 Å². The molecule has 10 heteroatoms. The number of alkyl halides is 3. The predicted molar refractivity (Wildman–Crippen MR) is 129 cm³/mol. The van der Waals surface area contributed by atoms with E-state index in [9.17, 15) is 18.3 Å². The molecule has 3 N–H and O–H groups in total. The third kappa shape index (κ3) is 9.51. The largest absolute Gasteiger partial charge is 0.493 e. The number of aliphatic hydroxyl groups is 1. The van der Waals surface area contributed by atoms with Crippen molar-refractivity contribution < 1.29 is 27.8 Å². The number of methoxy groups -OCH3 is 1. The Morgan fingerprint density at radius 3 is 2.41 bits per heavy atom. The predicted octanol–water partition coefficient (Wildman–Crippen LogP) is 4.09. The van der Waals surface area contributed by atoms with Crippen LogP contribution in [0.25, 0.3) is 0 Å². The van der Waals surface area contributed by atoms with Crippen molar-refractivity contribution in [2.24, 2.45) is 4.99 Å². The minimum atomic E-state index is -4.42. The van der Waals surface area contributed by atoms with Gasteiger partial charge in [-0.15, -0.1) is 24.0 Å². The first kappa shape index (κ1) is 27.8. The number of benzene rings is 2. The molecular formula is C22H29F3IN3O3. The summed E-state index contributed by atoms with van der Waals surface area (Å²) in [4.78, 5) is 4.51. The average molecular weight is 567 g/mol. The lowest BCUT2D eigenvalue weighted by molar-refractivity contribution is -0.153. The van der Waals surface area contributed by atoms with Crippen molar-refractivity contribution in [3.63, 3.8) is 0 Å². The Kier molecular flexibility index (Phi) is 12.2. The van der Waals surface area contributed by atoms with Gasteiger partial charge in [-0.2, -0.15) is 13.2 Å². The van der Waals surface area contributed by atoms with E-state index in [-0.39, 0.29) is 54.5 Å². The molecule has 1 unspecified atom stereocenters. The quantitative estimate of drug-likeness (QED) is 0.229. The number of rotatable bonds is 10. The van der Waals surface area contributed by atoms with Gasteiger partial charge in [0.2, 0.25) is 0 Å². The van der Waals surface area contributed by atoms with Gasteiger partial charge in [0.15, 0.2) is 24.1 Å². The van der Waals surface area contributed by atoms with Crippen molar-refractivity contribution in [3.05, 3.63) is 59.7 Å². The molecule has 0 spiro atoms. The van der Waals surface area contributed by atoms with Gasteiger partial charge in [-0.1, -0.05) is 36.4 Å². The maximum atomic E-state index is 12.4. The molecule has 2 aromatic rings. The normalized spacial score (nSPS) is 12.5. The molecule has 0 amide bonds. The van der Waals surface area contributed by atoms with E-state index in [2.05, 4.69) is 15.6 Å². The SMILES string of the molecule is CCNC(=NCc1ccc(OCC(F)(F)F)c(OC)c1)NCC(CO)c1ccccc1.I. The number of hydrogen-bond donors (Lipinski definition) is 3. The molecule has 0 fully saturated rings. The van der Waals surface area contributed by atoms with Crippen LogP contribution < -0.4 is 20.1 Å². The third-order valence-electron chi connectivity index (χ3n) is 4.39. The van der Waals surface area contributed by atoms with Gasteiger partial charge in [-0.3, -0.25) is 0 Å². The number of hydrogen-bond acceptors (Lipinski definition) is 4. The smallest absolute Gasteiger partial charge is 0.422 e. The molecule has 0 aromatic heterocycles. The average Bonchev–Trinajstić information content (AvgIpc) is 2.76. The lowest BCUT2D eigenvalue weighted by Gasteiger charge is -2.18. The van der Waals surface area contributed by atoms with Gasteiger partial charge in [0, 0.05) is 19.0 Å². The highest BCUT2D eigenvalue weighted by atomic mass is 127. The zero-order chi connectivity index (χ0) is 22.7. The van der Waals surface area contributed by atoms with Crippen molar-refractivity contribution in [2.75, 3.05) is 33.4 Å². The highest BCUT2D eigenvalue weighted by Crippen LogP contribution is 2.30. The summed E-state index contributed by atoms with van der Waals surface area (Å²) >= 11 is 0. The molecule has 0 radical (unpaired) electrons. The molecule has 0 heterocycles. The van der Waals surface area contributed by atoms with E-state index in [0.717, 1.165) is 11.1 Å². The zero-order valence-corrected chi connectivity index (χ0v) is 20.3. The second-order valence-corrected chi connectivity index (χ2v) is 6.76. The van der Waals surface area contributed by atoms with Crippen LogP contribution in [0, 0.1) is 0 Å². The molecule has 178 valence electrons. The molecule has 0 aliphatic heterocycles. The van der Waals surface area contributed by atoms with Gasteiger partial charge < -0.3 is 25.2 Å². The molecule has 32 heavy (non-hydrogen) atoms. The van der Waals surface area contributed by atoms with Crippen LogP contribution >= 0.6 is 24.0 Å². The summed E-state index contributed by atoms with van der Waals surface area (Å²) in [5.74, 6) is 0.703. The molecule has 0 saturated heterocycles. The number of ether oxygens (including phenoxy) is 2. The van der Waals surface area contributed by atoms with Crippen LogP contribution in [0.5, 0.6) is 11.5 Å². The second-order valence-electron chi connectivity index (χ2n) is 6.76. The molecular weight excluding hydrogens is 538 g/mol. The van der Waals surface area contributed by atoms with Crippen molar-refractivity contribution in [3.8, 4) is 11.5 Å². The standard InChI is InChI=1S/C22H28F3N3O3.HI/c1-3-26-21(28-13-18(14-29)17-7-5-4-6-8-17)27-12-16-9-10-19(20(11-16)30-2)31-15-22(23,24)25;/h4-11,18,29H,3,12-15H2,1-2H3,(H2,26,27,28);1H. The molecule has 0 saturated carbocycles. The molecule has 2 aromatic carbocycles. The fraction of sp³-hybridized carbons (Fsp3) is 0.409.